The van der Waals surface area contributed by atoms with Crippen molar-refractivity contribution < 1.29 is 19.5 Å². The van der Waals surface area contributed by atoms with Crippen LogP contribution in [0.3, 0.4) is 0 Å². The lowest BCUT2D eigenvalue weighted by atomic mass is 9.97. The zero-order chi connectivity index (χ0) is 22.1. The van der Waals surface area contributed by atoms with Gasteiger partial charge in [0.1, 0.15) is 0 Å². The summed E-state index contributed by atoms with van der Waals surface area (Å²) in [6, 6.07) is 24.4. The third-order valence-corrected chi connectivity index (χ3v) is 4.79. The van der Waals surface area contributed by atoms with Gasteiger partial charge in [-0.3, -0.25) is 9.59 Å². The van der Waals surface area contributed by atoms with Gasteiger partial charge in [0, 0.05) is 12.5 Å². The van der Waals surface area contributed by atoms with Crippen LogP contribution in [0.15, 0.2) is 91.0 Å². The maximum atomic E-state index is 13.0. The van der Waals surface area contributed by atoms with Gasteiger partial charge in [-0.2, -0.15) is 0 Å². The fraction of sp³-hybridized carbons (Fsp3) is 0.115. The number of carbonyl (C=O) groups is 3. The maximum absolute atomic E-state index is 13.0. The second-order valence-corrected chi connectivity index (χ2v) is 7.14. The lowest BCUT2D eigenvalue weighted by Gasteiger charge is -2.17. The molecule has 1 atom stereocenters. The summed E-state index contributed by atoms with van der Waals surface area (Å²) in [4.78, 5) is 36.5. The third-order valence-electron chi connectivity index (χ3n) is 4.79. The van der Waals surface area contributed by atoms with E-state index in [1.165, 1.54) is 18.2 Å². The molecule has 0 saturated carbocycles. The highest BCUT2D eigenvalue weighted by atomic mass is 16.4. The number of hydrogen-bond donors (Lipinski definition) is 2. The molecule has 0 aromatic heterocycles. The average Bonchev–Trinajstić information content (AvgIpc) is 2.79. The Morgan fingerprint density at radius 1 is 0.806 bits per heavy atom. The van der Waals surface area contributed by atoms with E-state index in [1.807, 2.05) is 60.7 Å². The minimum Gasteiger partial charge on any atom is -0.478 e. The smallest absolute Gasteiger partial charge is 0.335 e. The monoisotopic (exact) mass is 413 g/mol. The number of carboxylic acids is 1. The molecule has 156 valence electrons. The molecule has 0 fully saturated rings. The van der Waals surface area contributed by atoms with Crippen LogP contribution in [0.4, 0.5) is 0 Å². The third kappa shape index (κ3) is 6.78. The number of rotatable bonds is 9. The molecule has 0 unspecified atom stereocenters. The van der Waals surface area contributed by atoms with Crippen molar-refractivity contribution in [3.8, 4) is 0 Å². The Labute approximate surface area is 181 Å². The van der Waals surface area contributed by atoms with Gasteiger partial charge in [-0.15, -0.1) is 0 Å². The van der Waals surface area contributed by atoms with Gasteiger partial charge in [0.15, 0.2) is 5.78 Å². The van der Waals surface area contributed by atoms with Gasteiger partial charge in [-0.05, 0) is 41.3 Å². The van der Waals surface area contributed by atoms with Crippen LogP contribution < -0.4 is 5.32 Å². The van der Waals surface area contributed by atoms with Crippen molar-refractivity contribution >= 4 is 23.7 Å². The maximum Gasteiger partial charge on any atom is 0.335 e. The second-order valence-electron chi connectivity index (χ2n) is 7.14. The van der Waals surface area contributed by atoms with E-state index in [0.717, 1.165) is 11.1 Å². The van der Waals surface area contributed by atoms with Crippen LogP contribution in [0.25, 0.3) is 6.08 Å². The van der Waals surface area contributed by atoms with Crippen LogP contribution in [-0.4, -0.2) is 28.8 Å². The number of hydrogen-bond acceptors (Lipinski definition) is 3. The van der Waals surface area contributed by atoms with Gasteiger partial charge in [-0.25, -0.2) is 4.79 Å². The Balaban J connectivity index is 1.72. The molecule has 5 heteroatoms. The topological polar surface area (TPSA) is 83.5 Å². The predicted octanol–water partition coefficient (Wildman–Crippen LogP) is 3.94. The first-order valence-corrected chi connectivity index (χ1v) is 9.94. The Bertz CT molecular complexity index is 1060. The Kier molecular flexibility index (Phi) is 7.49. The number of Topliss-reactive ketones (excluding diaryl/α,β-unsaturated/α-hetero) is 1. The summed E-state index contributed by atoms with van der Waals surface area (Å²) in [5.41, 5.74) is 2.69. The normalized spacial score (nSPS) is 11.7. The summed E-state index contributed by atoms with van der Waals surface area (Å²) in [5.74, 6) is -1.51. The molecule has 3 rings (SSSR count). The van der Waals surface area contributed by atoms with Crippen molar-refractivity contribution in [2.24, 2.45) is 0 Å². The summed E-state index contributed by atoms with van der Waals surface area (Å²) in [6.07, 6.45) is 3.59. The predicted molar refractivity (Wildman–Crippen MR) is 120 cm³/mol. The van der Waals surface area contributed by atoms with Crippen molar-refractivity contribution in [1.29, 1.82) is 0 Å². The summed E-state index contributed by atoms with van der Waals surface area (Å²) in [5, 5.41) is 11.8. The van der Waals surface area contributed by atoms with E-state index in [-0.39, 0.29) is 23.7 Å². The van der Waals surface area contributed by atoms with Crippen LogP contribution in [0, 0.1) is 0 Å². The largest absolute Gasteiger partial charge is 0.478 e. The van der Waals surface area contributed by atoms with E-state index in [1.54, 1.807) is 18.2 Å². The first-order chi connectivity index (χ1) is 15.0. The van der Waals surface area contributed by atoms with E-state index >= 15 is 0 Å². The standard InChI is InChI=1S/C26H23NO4/c28-24(18-21-11-14-22(15-12-21)26(30)31)23(17-20-9-5-2-6-10-20)27-25(29)16-13-19-7-3-1-4-8-19/h1-16,23H,17-18H2,(H,27,29)(H,30,31)/b16-13+/t23-/m0/s1. The summed E-state index contributed by atoms with van der Waals surface area (Å²) in [6.45, 7) is 0. The molecule has 3 aromatic carbocycles. The van der Waals surface area contributed by atoms with Crippen LogP contribution in [-0.2, 0) is 22.4 Å². The van der Waals surface area contributed by atoms with Crippen LogP contribution >= 0.6 is 0 Å². The second kappa shape index (κ2) is 10.7. The molecule has 2 N–H and O–H groups in total. The number of aromatic carboxylic acids is 1. The van der Waals surface area contributed by atoms with Gasteiger partial charge >= 0.3 is 5.97 Å². The first-order valence-electron chi connectivity index (χ1n) is 9.94. The SMILES string of the molecule is O=C(/C=C/c1ccccc1)N[C@@H](Cc1ccccc1)C(=O)Cc1ccc(C(=O)O)cc1. The minimum absolute atomic E-state index is 0.0973. The van der Waals surface area contributed by atoms with Crippen molar-refractivity contribution in [3.63, 3.8) is 0 Å². The molecule has 0 aliphatic heterocycles. The zero-order valence-corrected chi connectivity index (χ0v) is 16.9. The molecule has 0 bridgehead atoms. The molecule has 0 heterocycles. The molecule has 5 nitrogen and oxygen atoms in total. The lowest BCUT2D eigenvalue weighted by Crippen LogP contribution is -2.42. The van der Waals surface area contributed by atoms with Crippen molar-refractivity contribution in [3.05, 3.63) is 113 Å². The summed E-state index contributed by atoms with van der Waals surface area (Å²) >= 11 is 0. The van der Waals surface area contributed by atoms with E-state index in [0.29, 0.717) is 12.0 Å². The highest BCUT2D eigenvalue weighted by Gasteiger charge is 2.21. The summed E-state index contributed by atoms with van der Waals surface area (Å²) in [7, 11) is 0. The Morgan fingerprint density at radius 3 is 2.03 bits per heavy atom. The molecule has 0 radical (unpaired) electrons. The molecule has 0 aliphatic rings. The zero-order valence-electron chi connectivity index (χ0n) is 16.9. The first kappa shape index (κ1) is 21.7. The van der Waals surface area contributed by atoms with E-state index in [4.69, 9.17) is 5.11 Å². The number of nitrogens with one attached hydrogen (secondary N) is 1. The molecular formula is C26H23NO4. The number of carbonyl (C=O) groups excluding carboxylic acids is 2. The molecule has 0 saturated heterocycles. The molecule has 31 heavy (non-hydrogen) atoms. The van der Waals surface area contributed by atoms with Crippen LogP contribution in [0.5, 0.6) is 0 Å². The average molecular weight is 413 g/mol. The van der Waals surface area contributed by atoms with Gasteiger partial charge in [-0.1, -0.05) is 72.8 Å². The number of amides is 1. The van der Waals surface area contributed by atoms with E-state index < -0.39 is 12.0 Å². The van der Waals surface area contributed by atoms with E-state index in [2.05, 4.69) is 5.32 Å². The van der Waals surface area contributed by atoms with Crippen LogP contribution in [0.1, 0.15) is 27.0 Å². The highest BCUT2D eigenvalue weighted by Crippen LogP contribution is 2.10. The van der Waals surface area contributed by atoms with Gasteiger partial charge < -0.3 is 10.4 Å². The van der Waals surface area contributed by atoms with Crippen molar-refractivity contribution in [2.75, 3.05) is 0 Å². The number of benzene rings is 3. The summed E-state index contributed by atoms with van der Waals surface area (Å²) < 4.78 is 0. The lowest BCUT2D eigenvalue weighted by molar-refractivity contribution is -0.125. The fourth-order valence-electron chi connectivity index (χ4n) is 3.14. The molecular weight excluding hydrogens is 390 g/mol. The number of ketones is 1. The van der Waals surface area contributed by atoms with Crippen molar-refractivity contribution in [1.82, 2.24) is 5.32 Å². The molecule has 0 spiro atoms. The minimum atomic E-state index is -1.02. The molecule has 0 aliphatic carbocycles. The number of carboxylic acid groups (broad SMARTS) is 1. The molecule has 3 aromatic rings. The highest BCUT2D eigenvalue weighted by molar-refractivity contribution is 5.96. The quantitative estimate of drug-likeness (QED) is 0.521. The van der Waals surface area contributed by atoms with Gasteiger partial charge in [0.25, 0.3) is 0 Å². The fourth-order valence-corrected chi connectivity index (χ4v) is 3.14. The van der Waals surface area contributed by atoms with Crippen molar-refractivity contribution in [2.45, 2.75) is 18.9 Å². The van der Waals surface area contributed by atoms with Crippen LogP contribution in [0.2, 0.25) is 0 Å². The molecule has 1 amide bonds. The van der Waals surface area contributed by atoms with E-state index in [9.17, 15) is 14.4 Å². The van der Waals surface area contributed by atoms with Gasteiger partial charge in [0.2, 0.25) is 5.91 Å². The van der Waals surface area contributed by atoms with Gasteiger partial charge in [0.05, 0.1) is 11.6 Å². The Morgan fingerprint density at radius 2 is 1.42 bits per heavy atom. The Hall–Kier alpha value is -3.99.